The standard InChI is InChI=1S/C11H17N3O2S/c1-8-9(10(15)16)12-11(17-8)14-5-3-4-13(2)6-7-14/h3-7H2,1-2H3,(H,15,16). The highest BCUT2D eigenvalue weighted by Crippen LogP contribution is 2.26. The summed E-state index contributed by atoms with van der Waals surface area (Å²) in [6.07, 6.45) is 1.09. The molecule has 0 unspecified atom stereocenters. The lowest BCUT2D eigenvalue weighted by Crippen LogP contribution is -2.28. The van der Waals surface area contributed by atoms with Crippen LogP contribution in [0.4, 0.5) is 5.13 Å². The van der Waals surface area contributed by atoms with Crippen LogP contribution in [0.2, 0.25) is 0 Å². The summed E-state index contributed by atoms with van der Waals surface area (Å²) in [7, 11) is 2.11. The minimum Gasteiger partial charge on any atom is -0.476 e. The highest BCUT2D eigenvalue weighted by atomic mass is 32.1. The SMILES string of the molecule is Cc1sc(N2CCCN(C)CC2)nc1C(=O)O. The van der Waals surface area contributed by atoms with Gasteiger partial charge in [-0.25, -0.2) is 9.78 Å². The van der Waals surface area contributed by atoms with E-state index in [0.717, 1.165) is 42.6 Å². The Hall–Kier alpha value is -1.14. The van der Waals surface area contributed by atoms with E-state index >= 15 is 0 Å². The highest BCUT2D eigenvalue weighted by Gasteiger charge is 2.19. The minimum absolute atomic E-state index is 0.197. The number of likely N-dealkylation sites (N-methyl/N-ethyl adjacent to an activating group) is 1. The molecule has 1 aliphatic rings. The molecule has 0 aliphatic carbocycles. The van der Waals surface area contributed by atoms with Crippen LogP contribution in [-0.4, -0.2) is 54.2 Å². The fraction of sp³-hybridized carbons (Fsp3) is 0.636. The van der Waals surface area contributed by atoms with E-state index in [1.807, 2.05) is 6.92 Å². The zero-order valence-corrected chi connectivity index (χ0v) is 11.0. The van der Waals surface area contributed by atoms with E-state index in [9.17, 15) is 4.79 Å². The summed E-state index contributed by atoms with van der Waals surface area (Å²) in [5.74, 6) is -0.933. The number of aryl methyl sites for hydroxylation is 1. The molecule has 0 saturated carbocycles. The molecule has 0 bridgehead atoms. The number of hydrogen-bond donors (Lipinski definition) is 1. The normalized spacial score (nSPS) is 18.1. The molecular weight excluding hydrogens is 238 g/mol. The van der Waals surface area contributed by atoms with Gasteiger partial charge in [-0.15, -0.1) is 11.3 Å². The van der Waals surface area contributed by atoms with Crippen molar-refractivity contribution >= 4 is 22.4 Å². The molecule has 17 heavy (non-hydrogen) atoms. The number of aromatic nitrogens is 1. The van der Waals surface area contributed by atoms with Crippen molar-refractivity contribution in [2.75, 3.05) is 38.1 Å². The van der Waals surface area contributed by atoms with E-state index in [1.54, 1.807) is 0 Å². The number of carboxylic acid groups (broad SMARTS) is 1. The van der Waals surface area contributed by atoms with Gasteiger partial charge in [0.05, 0.1) is 0 Å². The predicted octanol–water partition coefficient (Wildman–Crippen LogP) is 1.29. The summed E-state index contributed by atoms with van der Waals surface area (Å²) in [6, 6.07) is 0. The van der Waals surface area contributed by atoms with Crippen molar-refractivity contribution in [3.8, 4) is 0 Å². The largest absolute Gasteiger partial charge is 0.476 e. The van der Waals surface area contributed by atoms with Crippen molar-refractivity contribution in [1.82, 2.24) is 9.88 Å². The third-order valence-electron chi connectivity index (χ3n) is 2.98. The molecule has 1 fully saturated rings. The number of hydrogen-bond acceptors (Lipinski definition) is 5. The Kier molecular flexibility index (Phi) is 3.63. The molecule has 6 heteroatoms. The number of carboxylic acids is 1. The first kappa shape index (κ1) is 12.3. The summed E-state index contributed by atoms with van der Waals surface area (Å²) < 4.78 is 0. The van der Waals surface area contributed by atoms with Crippen LogP contribution >= 0.6 is 11.3 Å². The van der Waals surface area contributed by atoms with Gasteiger partial charge in [-0.05, 0) is 26.9 Å². The van der Waals surface area contributed by atoms with Gasteiger partial charge in [-0.1, -0.05) is 0 Å². The Labute approximate surface area is 105 Å². The molecule has 0 radical (unpaired) electrons. The summed E-state index contributed by atoms with van der Waals surface area (Å²) in [4.78, 5) is 20.4. The number of thiazole rings is 1. The van der Waals surface area contributed by atoms with Crippen molar-refractivity contribution in [3.05, 3.63) is 10.6 Å². The Bertz CT molecular complexity index is 419. The summed E-state index contributed by atoms with van der Waals surface area (Å²) in [6.45, 7) is 5.78. The van der Waals surface area contributed by atoms with E-state index in [1.165, 1.54) is 11.3 Å². The van der Waals surface area contributed by atoms with Gasteiger partial charge in [0.2, 0.25) is 0 Å². The first-order valence-corrected chi connectivity index (χ1v) is 6.54. The lowest BCUT2D eigenvalue weighted by atomic mass is 10.4. The Morgan fingerprint density at radius 1 is 1.35 bits per heavy atom. The second-order valence-corrected chi connectivity index (χ2v) is 5.53. The minimum atomic E-state index is -0.933. The molecule has 5 nitrogen and oxygen atoms in total. The third-order valence-corrected chi connectivity index (χ3v) is 4.01. The van der Waals surface area contributed by atoms with Gasteiger partial charge >= 0.3 is 5.97 Å². The highest BCUT2D eigenvalue weighted by molar-refractivity contribution is 7.15. The number of carbonyl (C=O) groups is 1. The fourth-order valence-electron chi connectivity index (χ4n) is 1.95. The van der Waals surface area contributed by atoms with Crippen LogP contribution < -0.4 is 4.90 Å². The molecule has 0 aromatic carbocycles. The molecule has 1 saturated heterocycles. The third kappa shape index (κ3) is 2.76. The maximum absolute atomic E-state index is 11.0. The van der Waals surface area contributed by atoms with Gasteiger partial charge in [-0.3, -0.25) is 0 Å². The molecule has 0 atom stereocenters. The maximum atomic E-state index is 11.0. The monoisotopic (exact) mass is 255 g/mol. The molecule has 94 valence electrons. The zero-order chi connectivity index (χ0) is 12.4. The van der Waals surface area contributed by atoms with E-state index in [4.69, 9.17) is 5.11 Å². The van der Waals surface area contributed by atoms with Crippen molar-refractivity contribution in [2.24, 2.45) is 0 Å². The first-order chi connectivity index (χ1) is 8.08. The molecule has 0 spiro atoms. The maximum Gasteiger partial charge on any atom is 0.355 e. The topological polar surface area (TPSA) is 56.7 Å². The Morgan fingerprint density at radius 3 is 2.76 bits per heavy atom. The Morgan fingerprint density at radius 2 is 2.12 bits per heavy atom. The summed E-state index contributed by atoms with van der Waals surface area (Å²) in [5, 5.41) is 9.84. The van der Waals surface area contributed by atoms with Crippen LogP contribution in [0.25, 0.3) is 0 Å². The molecule has 1 aromatic rings. The van der Waals surface area contributed by atoms with Crippen LogP contribution in [0.5, 0.6) is 0 Å². The molecule has 2 heterocycles. The smallest absolute Gasteiger partial charge is 0.355 e. The summed E-state index contributed by atoms with van der Waals surface area (Å²) in [5.41, 5.74) is 0.197. The average molecular weight is 255 g/mol. The lowest BCUT2D eigenvalue weighted by Gasteiger charge is -2.18. The van der Waals surface area contributed by atoms with E-state index in [-0.39, 0.29) is 5.69 Å². The predicted molar refractivity (Wildman–Crippen MR) is 68.1 cm³/mol. The quantitative estimate of drug-likeness (QED) is 0.863. The zero-order valence-electron chi connectivity index (χ0n) is 10.1. The van der Waals surface area contributed by atoms with Crippen molar-refractivity contribution in [2.45, 2.75) is 13.3 Å². The molecule has 1 N–H and O–H groups in total. The van der Waals surface area contributed by atoms with Gasteiger partial charge in [0.25, 0.3) is 0 Å². The van der Waals surface area contributed by atoms with Crippen molar-refractivity contribution in [3.63, 3.8) is 0 Å². The molecule has 0 amide bonds. The fourth-order valence-corrected chi connectivity index (χ4v) is 2.91. The van der Waals surface area contributed by atoms with Gasteiger partial charge in [0.1, 0.15) is 0 Å². The van der Waals surface area contributed by atoms with Crippen LogP contribution in [0.1, 0.15) is 21.8 Å². The van der Waals surface area contributed by atoms with E-state index in [2.05, 4.69) is 21.8 Å². The van der Waals surface area contributed by atoms with Gasteiger partial charge in [0, 0.05) is 24.5 Å². The van der Waals surface area contributed by atoms with Crippen molar-refractivity contribution < 1.29 is 9.90 Å². The van der Waals surface area contributed by atoms with Crippen LogP contribution in [0.15, 0.2) is 0 Å². The number of nitrogens with zero attached hydrogens (tertiary/aromatic N) is 3. The second-order valence-electron chi connectivity index (χ2n) is 4.35. The first-order valence-electron chi connectivity index (χ1n) is 5.72. The molecule has 1 aliphatic heterocycles. The molecular formula is C11H17N3O2S. The number of rotatable bonds is 2. The van der Waals surface area contributed by atoms with Crippen LogP contribution in [-0.2, 0) is 0 Å². The lowest BCUT2D eigenvalue weighted by molar-refractivity contribution is 0.0690. The van der Waals surface area contributed by atoms with E-state index < -0.39 is 5.97 Å². The van der Waals surface area contributed by atoms with Crippen LogP contribution in [0.3, 0.4) is 0 Å². The average Bonchev–Trinajstić information content (AvgIpc) is 2.52. The van der Waals surface area contributed by atoms with Crippen molar-refractivity contribution in [1.29, 1.82) is 0 Å². The Balaban J connectivity index is 2.16. The van der Waals surface area contributed by atoms with Crippen LogP contribution in [0, 0.1) is 6.92 Å². The number of anilines is 1. The van der Waals surface area contributed by atoms with Gasteiger partial charge in [0.15, 0.2) is 10.8 Å². The molecule has 1 aromatic heterocycles. The van der Waals surface area contributed by atoms with Gasteiger partial charge in [-0.2, -0.15) is 0 Å². The van der Waals surface area contributed by atoms with Gasteiger partial charge < -0.3 is 14.9 Å². The van der Waals surface area contributed by atoms with E-state index in [0.29, 0.717) is 0 Å². The molecule has 2 rings (SSSR count). The number of aromatic carboxylic acids is 1. The second kappa shape index (κ2) is 5.01. The summed E-state index contributed by atoms with van der Waals surface area (Å²) >= 11 is 1.48.